The van der Waals surface area contributed by atoms with E-state index in [0.717, 1.165) is 55.2 Å². The summed E-state index contributed by atoms with van der Waals surface area (Å²) < 4.78 is 6.42. The number of anilines is 1. The second-order valence-corrected chi connectivity index (χ2v) is 10.1. The lowest BCUT2D eigenvalue weighted by molar-refractivity contribution is 0.0376. The standard InChI is InChI=1S/C23H26ClN3O2S2/c1-2-30-18-9-7-17(8-10-18)22(28)27(12-4-11-26-13-15-29-16-14-26)23-25-21-19(24)5-3-6-20(21)31-23/h3,5-10H,2,4,11-16H2,1H3. The molecule has 0 atom stereocenters. The third-order valence-electron chi connectivity index (χ3n) is 5.21. The van der Waals surface area contributed by atoms with Crippen molar-refractivity contribution < 1.29 is 9.53 Å². The lowest BCUT2D eigenvalue weighted by atomic mass is 10.2. The van der Waals surface area contributed by atoms with Gasteiger partial charge >= 0.3 is 0 Å². The maximum Gasteiger partial charge on any atom is 0.260 e. The number of carbonyl (C=O) groups is 1. The quantitative estimate of drug-likeness (QED) is 0.406. The first-order chi connectivity index (χ1) is 15.2. The Balaban J connectivity index is 1.56. The molecule has 2 aromatic carbocycles. The molecule has 4 rings (SSSR count). The zero-order valence-corrected chi connectivity index (χ0v) is 19.9. The molecule has 1 fully saturated rings. The number of fused-ring (bicyclic) bond motifs is 1. The number of amides is 1. The molecule has 3 aromatic rings. The highest BCUT2D eigenvalue weighted by Gasteiger charge is 2.22. The zero-order valence-electron chi connectivity index (χ0n) is 17.6. The van der Waals surface area contributed by atoms with Crippen molar-refractivity contribution in [3.05, 3.63) is 53.1 Å². The van der Waals surface area contributed by atoms with Gasteiger partial charge in [-0.3, -0.25) is 14.6 Å². The fourth-order valence-electron chi connectivity index (χ4n) is 3.60. The Labute approximate surface area is 196 Å². The summed E-state index contributed by atoms with van der Waals surface area (Å²) in [6.45, 7) is 7.12. The van der Waals surface area contributed by atoms with Crippen molar-refractivity contribution in [2.45, 2.75) is 18.2 Å². The summed E-state index contributed by atoms with van der Waals surface area (Å²) in [4.78, 5) is 23.6. The van der Waals surface area contributed by atoms with Crippen molar-refractivity contribution in [3.8, 4) is 0 Å². The molecule has 0 radical (unpaired) electrons. The fraction of sp³-hybridized carbons (Fsp3) is 0.391. The lowest BCUT2D eigenvalue weighted by Gasteiger charge is -2.27. The van der Waals surface area contributed by atoms with Gasteiger partial charge in [0.25, 0.3) is 5.91 Å². The smallest absolute Gasteiger partial charge is 0.260 e. The highest BCUT2D eigenvalue weighted by molar-refractivity contribution is 7.99. The van der Waals surface area contributed by atoms with Gasteiger partial charge in [0.1, 0.15) is 5.52 Å². The number of hydrogen-bond donors (Lipinski definition) is 0. The summed E-state index contributed by atoms with van der Waals surface area (Å²) in [5.41, 5.74) is 1.43. The van der Waals surface area contributed by atoms with Crippen LogP contribution in [0.5, 0.6) is 0 Å². The molecule has 0 spiro atoms. The third-order valence-corrected chi connectivity index (χ3v) is 7.45. The summed E-state index contributed by atoms with van der Waals surface area (Å²) in [6.07, 6.45) is 0.874. The minimum atomic E-state index is -0.0230. The van der Waals surface area contributed by atoms with Crippen molar-refractivity contribution in [2.24, 2.45) is 0 Å². The third kappa shape index (κ3) is 5.59. The van der Waals surface area contributed by atoms with Crippen LogP contribution >= 0.6 is 34.7 Å². The van der Waals surface area contributed by atoms with E-state index in [1.54, 1.807) is 11.8 Å². The Bertz CT molecular complexity index is 1020. The topological polar surface area (TPSA) is 45.7 Å². The van der Waals surface area contributed by atoms with Crippen molar-refractivity contribution in [2.75, 3.05) is 50.0 Å². The van der Waals surface area contributed by atoms with Gasteiger partial charge in [-0.1, -0.05) is 35.9 Å². The number of halogens is 1. The van der Waals surface area contributed by atoms with Gasteiger partial charge in [-0.15, -0.1) is 11.8 Å². The number of hydrogen-bond acceptors (Lipinski definition) is 6. The molecule has 0 unspecified atom stereocenters. The molecule has 0 N–H and O–H groups in total. The molecule has 1 saturated heterocycles. The Kier molecular flexibility index (Phi) is 7.85. The van der Waals surface area contributed by atoms with Gasteiger partial charge in [-0.25, -0.2) is 4.98 Å². The number of para-hydroxylation sites is 1. The van der Waals surface area contributed by atoms with E-state index in [0.29, 0.717) is 22.3 Å². The summed E-state index contributed by atoms with van der Waals surface area (Å²) in [7, 11) is 0. The van der Waals surface area contributed by atoms with Gasteiger partial charge in [-0.2, -0.15) is 0 Å². The van der Waals surface area contributed by atoms with Crippen LogP contribution in [-0.4, -0.2) is 60.9 Å². The zero-order chi connectivity index (χ0) is 21.6. The van der Waals surface area contributed by atoms with Gasteiger partial charge in [0.2, 0.25) is 0 Å². The molecule has 1 aromatic heterocycles. The Hall–Kier alpha value is -1.64. The van der Waals surface area contributed by atoms with Crippen LogP contribution in [0.2, 0.25) is 5.02 Å². The predicted molar refractivity (Wildman–Crippen MR) is 131 cm³/mol. The molecule has 1 aliphatic heterocycles. The number of ether oxygens (including phenoxy) is 1. The highest BCUT2D eigenvalue weighted by Crippen LogP contribution is 2.33. The first-order valence-corrected chi connectivity index (χ1v) is 12.7. The number of morpholine rings is 1. The molecule has 31 heavy (non-hydrogen) atoms. The minimum Gasteiger partial charge on any atom is -0.379 e. The average Bonchev–Trinajstić information content (AvgIpc) is 3.23. The van der Waals surface area contributed by atoms with Crippen molar-refractivity contribution in [1.29, 1.82) is 0 Å². The molecule has 1 aliphatic rings. The average molecular weight is 476 g/mol. The van der Waals surface area contributed by atoms with Crippen LogP contribution in [0.1, 0.15) is 23.7 Å². The number of carbonyl (C=O) groups excluding carboxylic acids is 1. The van der Waals surface area contributed by atoms with Gasteiger partial charge in [-0.05, 0) is 48.6 Å². The second kappa shape index (κ2) is 10.8. The van der Waals surface area contributed by atoms with Crippen LogP contribution in [-0.2, 0) is 4.74 Å². The predicted octanol–water partition coefficient (Wildman–Crippen LogP) is 5.43. The summed E-state index contributed by atoms with van der Waals surface area (Å²) in [6, 6.07) is 13.6. The van der Waals surface area contributed by atoms with Crippen molar-refractivity contribution in [3.63, 3.8) is 0 Å². The number of rotatable bonds is 8. The number of nitrogens with zero attached hydrogens (tertiary/aromatic N) is 3. The van der Waals surface area contributed by atoms with Crippen LogP contribution in [0.25, 0.3) is 10.2 Å². The van der Waals surface area contributed by atoms with Gasteiger partial charge in [0, 0.05) is 36.6 Å². The molecule has 8 heteroatoms. The van der Waals surface area contributed by atoms with Crippen LogP contribution < -0.4 is 4.90 Å². The number of benzene rings is 2. The molecular formula is C23H26ClN3O2S2. The summed E-state index contributed by atoms with van der Waals surface area (Å²) in [5.74, 6) is 0.984. The SMILES string of the molecule is CCSc1ccc(C(=O)N(CCCN2CCOCC2)c2nc3c(Cl)cccc3s2)cc1. The van der Waals surface area contributed by atoms with Crippen LogP contribution in [0, 0.1) is 0 Å². The minimum absolute atomic E-state index is 0.0230. The van der Waals surface area contributed by atoms with E-state index in [4.69, 9.17) is 21.3 Å². The summed E-state index contributed by atoms with van der Waals surface area (Å²) in [5, 5.41) is 1.31. The molecule has 2 heterocycles. The normalized spacial score (nSPS) is 14.8. The van der Waals surface area contributed by atoms with E-state index in [1.807, 2.05) is 47.4 Å². The van der Waals surface area contributed by atoms with E-state index >= 15 is 0 Å². The van der Waals surface area contributed by atoms with Gasteiger partial charge in [0.05, 0.1) is 22.9 Å². The lowest BCUT2D eigenvalue weighted by Crippen LogP contribution is -2.39. The molecule has 164 valence electrons. The maximum absolute atomic E-state index is 13.5. The fourth-order valence-corrected chi connectivity index (χ4v) is 5.55. The first-order valence-electron chi connectivity index (χ1n) is 10.6. The first kappa shape index (κ1) is 22.6. The molecular weight excluding hydrogens is 450 g/mol. The molecule has 0 aliphatic carbocycles. The second-order valence-electron chi connectivity index (χ2n) is 7.30. The summed E-state index contributed by atoms with van der Waals surface area (Å²) >= 11 is 9.63. The van der Waals surface area contributed by atoms with E-state index in [1.165, 1.54) is 16.2 Å². The van der Waals surface area contributed by atoms with E-state index in [9.17, 15) is 4.79 Å². The van der Waals surface area contributed by atoms with E-state index in [2.05, 4.69) is 11.8 Å². The van der Waals surface area contributed by atoms with Crippen LogP contribution in [0.4, 0.5) is 5.13 Å². The highest BCUT2D eigenvalue weighted by atomic mass is 35.5. The van der Waals surface area contributed by atoms with Crippen LogP contribution in [0.3, 0.4) is 0 Å². The number of thiazole rings is 1. The molecule has 0 bridgehead atoms. The number of thioether (sulfide) groups is 1. The molecule has 0 saturated carbocycles. The van der Waals surface area contributed by atoms with Crippen molar-refractivity contribution >= 4 is 56.0 Å². The number of aromatic nitrogens is 1. The van der Waals surface area contributed by atoms with Gasteiger partial charge < -0.3 is 4.74 Å². The van der Waals surface area contributed by atoms with Gasteiger partial charge in [0.15, 0.2) is 5.13 Å². The Morgan fingerprint density at radius 2 is 2.00 bits per heavy atom. The van der Waals surface area contributed by atoms with Crippen molar-refractivity contribution in [1.82, 2.24) is 9.88 Å². The maximum atomic E-state index is 13.5. The van der Waals surface area contributed by atoms with E-state index < -0.39 is 0 Å². The monoisotopic (exact) mass is 475 g/mol. The Morgan fingerprint density at radius 3 is 2.71 bits per heavy atom. The molecule has 5 nitrogen and oxygen atoms in total. The largest absolute Gasteiger partial charge is 0.379 e. The van der Waals surface area contributed by atoms with Crippen LogP contribution in [0.15, 0.2) is 47.4 Å². The van der Waals surface area contributed by atoms with E-state index in [-0.39, 0.29) is 5.91 Å². The molecule has 1 amide bonds. The Morgan fingerprint density at radius 1 is 1.23 bits per heavy atom.